The first-order chi connectivity index (χ1) is 15.3. The van der Waals surface area contributed by atoms with Gasteiger partial charge < -0.3 is 9.32 Å². The molecule has 1 fully saturated rings. The molecule has 5 heteroatoms. The molecule has 31 heavy (non-hydrogen) atoms. The molecule has 0 amide bonds. The van der Waals surface area contributed by atoms with Gasteiger partial charge in [-0.25, -0.2) is 9.37 Å². The second-order valence-corrected chi connectivity index (χ2v) is 7.76. The Kier molecular flexibility index (Phi) is 5.50. The van der Waals surface area contributed by atoms with E-state index < -0.39 is 0 Å². The lowest BCUT2D eigenvalue weighted by Gasteiger charge is -2.35. The summed E-state index contributed by atoms with van der Waals surface area (Å²) in [5.41, 5.74) is 3.89. The molecule has 1 saturated heterocycles. The molecule has 0 saturated carbocycles. The van der Waals surface area contributed by atoms with Crippen LogP contribution in [0.4, 0.5) is 10.1 Å². The van der Waals surface area contributed by atoms with Gasteiger partial charge in [-0.15, -0.1) is 0 Å². The van der Waals surface area contributed by atoms with E-state index in [0.717, 1.165) is 60.3 Å². The van der Waals surface area contributed by atoms with Crippen LogP contribution in [0.1, 0.15) is 5.89 Å². The Hall–Kier alpha value is -3.44. The summed E-state index contributed by atoms with van der Waals surface area (Å²) < 4.78 is 19.8. The highest BCUT2D eigenvalue weighted by molar-refractivity contribution is 5.76. The summed E-state index contributed by atoms with van der Waals surface area (Å²) in [5.74, 6) is 1.33. The minimum Gasteiger partial charge on any atom is -0.439 e. The summed E-state index contributed by atoms with van der Waals surface area (Å²) in [4.78, 5) is 9.43. The van der Waals surface area contributed by atoms with Crippen LogP contribution >= 0.6 is 0 Å². The molecule has 3 aromatic carbocycles. The molecule has 4 aromatic rings. The van der Waals surface area contributed by atoms with Crippen LogP contribution in [0.2, 0.25) is 0 Å². The molecule has 0 N–H and O–H groups in total. The Bertz CT molecular complexity index is 1080. The summed E-state index contributed by atoms with van der Waals surface area (Å²) >= 11 is 0. The minimum absolute atomic E-state index is 0.193. The van der Waals surface area contributed by atoms with Gasteiger partial charge in [0, 0.05) is 43.0 Å². The third kappa shape index (κ3) is 4.37. The van der Waals surface area contributed by atoms with Gasteiger partial charge in [-0.2, -0.15) is 0 Å². The molecule has 0 aliphatic carbocycles. The van der Waals surface area contributed by atoms with Gasteiger partial charge >= 0.3 is 0 Å². The van der Waals surface area contributed by atoms with Crippen LogP contribution in [0.5, 0.6) is 0 Å². The van der Waals surface area contributed by atoms with Crippen LogP contribution in [-0.4, -0.2) is 36.1 Å². The van der Waals surface area contributed by atoms with Crippen molar-refractivity contribution in [1.29, 1.82) is 0 Å². The first-order valence-corrected chi connectivity index (χ1v) is 10.6. The van der Waals surface area contributed by atoms with Crippen LogP contribution in [0.15, 0.2) is 89.3 Å². The highest BCUT2D eigenvalue weighted by Gasteiger charge is 2.22. The normalized spacial score (nSPS) is 14.7. The van der Waals surface area contributed by atoms with Crippen LogP contribution < -0.4 is 4.90 Å². The molecular weight excluding hydrogens is 389 g/mol. The van der Waals surface area contributed by atoms with E-state index >= 15 is 0 Å². The van der Waals surface area contributed by atoms with Gasteiger partial charge in [-0.1, -0.05) is 66.7 Å². The van der Waals surface area contributed by atoms with Crippen molar-refractivity contribution in [3.05, 3.63) is 96.6 Å². The van der Waals surface area contributed by atoms with Crippen LogP contribution in [0.25, 0.3) is 22.6 Å². The van der Waals surface area contributed by atoms with Crippen molar-refractivity contribution >= 4 is 5.69 Å². The number of rotatable bonds is 5. The molecule has 5 rings (SSSR count). The fraction of sp³-hybridized carbons (Fsp3) is 0.192. The zero-order valence-corrected chi connectivity index (χ0v) is 17.2. The minimum atomic E-state index is -0.193. The number of oxazole rings is 1. The Morgan fingerprint density at radius 1 is 0.774 bits per heavy atom. The third-order valence-electron chi connectivity index (χ3n) is 5.66. The summed E-state index contributed by atoms with van der Waals surface area (Å²) in [6.07, 6.45) is 0. The zero-order valence-electron chi connectivity index (χ0n) is 17.2. The van der Waals surface area contributed by atoms with E-state index in [1.807, 2.05) is 42.5 Å². The molecule has 0 unspecified atom stereocenters. The molecule has 1 aliphatic heterocycles. The Labute approximate surface area is 181 Å². The topological polar surface area (TPSA) is 32.5 Å². The number of hydrogen-bond donors (Lipinski definition) is 0. The number of aromatic nitrogens is 1. The SMILES string of the molecule is Fc1cccc(N2CCN(Cc3nc(-c4ccccc4)c(-c4ccccc4)o3)CC2)c1. The maximum atomic E-state index is 13.5. The van der Waals surface area contributed by atoms with E-state index in [1.165, 1.54) is 6.07 Å². The van der Waals surface area contributed by atoms with Crippen molar-refractivity contribution in [2.24, 2.45) is 0 Å². The van der Waals surface area contributed by atoms with Crippen molar-refractivity contribution in [3.8, 4) is 22.6 Å². The molecule has 156 valence electrons. The number of anilines is 1. The maximum Gasteiger partial charge on any atom is 0.209 e. The van der Waals surface area contributed by atoms with Crippen LogP contribution in [0.3, 0.4) is 0 Å². The second kappa shape index (κ2) is 8.74. The molecule has 0 spiro atoms. The zero-order chi connectivity index (χ0) is 21.0. The smallest absolute Gasteiger partial charge is 0.209 e. The van der Waals surface area contributed by atoms with Crippen molar-refractivity contribution < 1.29 is 8.81 Å². The largest absolute Gasteiger partial charge is 0.439 e. The lowest BCUT2D eigenvalue weighted by atomic mass is 10.1. The summed E-state index contributed by atoms with van der Waals surface area (Å²) in [7, 11) is 0. The quantitative estimate of drug-likeness (QED) is 0.434. The number of piperazine rings is 1. The fourth-order valence-corrected chi connectivity index (χ4v) is 4.04. The van der Waals surface area contributed by atoms with Crippen molar-refractivity contribution in [1.82, 2.24) is 9.88 Å². The molecule has 1 aromatic heterocycles. The van der Waals surface area contributed by atoms with E-state index in [2.05, 4.69) is 34.1 Å². The van der Waals surface area contributed by atoms with Crippen molar-refractivity contribution in [2.75, 3.05) is 31.1 Å². The summed E-state index contributed by atoms with van der Waals surface area (Å²) in [6.45, 7) is 4.10. The lowest BCUT2D eigenvalue weighted by Crippen LogP contribution is -2.46. The molecule has 2 heterocycles. The maximum absolute atomic E-state index is 13.5. The highest BCUT2D eigenvalue weighted by atomic mass is 19.1. The second-order valence-electron chi connectivity index (χ2n) is 7.76. The van der Waals surface area contributed by atoms with E-state index in [1.54, 1.807) is 12.1 Å². The van der Waals surface area contributed by atoms with E-state index in [9.17, 15) is 4.39 Å². The van der Waals surface area contributed by atoms with Crippen LogP contribution in [-0.2, 0) is 6.54 Å². The average Bonchev–Trinajstić information content (AvgIpc) is 3.24. The summed E-state index contributed by atoms with van der Waals surface area (Å²) in [5, 5.41) is 0. The Morgan fingerprint density at radius 2 is 1.45 bits per heavy atom. The van der Waals surface area contributed by atoms with Crippen molar-refractivity contribution in [2.45, 2.75) is 6.54 Å². The van der Waals surface area contributed by atoms with E-state index in [-0.39, 0.29) is 5.82 Å². The summed E-state index contributed by atoms with van der Waals surface area (Å²) in [6, 6.07) is 27.1. The Balaban J connectivity index is 1.34. The first-order valence-electron chi connectivity index (χ1n) is 10.6. The number of halogens is 1. The van der Waals surface area contributed by atoms with Gasteiger partial charge in [0.25, 0.3) is 0 Å². The van der Waals surface area contributed by atoms with Crippen molar-refractivity contribution in [3.63, 3.8) is 0 Å². The number of nitrogens with zero attached hydrogens (tertiary/aromatic N) is 3. The molecule has 0 radical (unpaired) electrons. The monoisotopic (exact) mass is 413 g/mol. The average molecular weight is 413 g/mol. The fourth-order valence-electron chi connectivity index (χ4n) is 4.04. The van der Waals surface area contributed by atoms with E-state index in [4.69, 9.17) is 9.40 Å². The number of benzene rings is 3. The van der Waals surface area contributed by atoms with Gasteiger partial charge in [-0.3, -0.25) is 4.90 Å². The third-order valence-corrected chi connectivity index (χ3v) is 5.66. The van der Waals surface area contributed by atoms with E-state index in [0.29, 0.717) is 6.54 Å². The van der Waals surface area contributed by atoms with Gasteiger partial charge in [0.2, 0.25) is 5.89 Å². The molecule has 0 atom stereocenters. The molecular formula is C26H24FN3O. The molecule has 4 nitrogen and oxygen atoms in total. The predicted octanol–water partition coefficient (Wildman–Crippen LogP) is 5.47. The standard InChI is InChI=1S/C26H24FN3O/c27-22-12-7-13-23(18-22)30-16-14-29(15-17-30)19-24-28-25(20-8-3-1-4-9-20)26(31-24)21-10-5-2-6-11-21/h1-13,18H,14-17,19H2. The highest BCUT2D eigenvalue weighted by Crippen LogP contribution is 2.33. The lowest BCUT2D eigenvalue weighted by molar-refractivity contribution is 0.227. The van der Waals surface area contributed by atoms with Gasteiger partial charge in [0.15, 0.2) is 5.76 Å². The molecule has 1 aliphatic rings. The predicted molar refractivity (Wildman–Crippen MR) is 121 cm³/mol. The Morgan fingerprint density at radius 3 is 2.13 bits per heavy atom. The number of hydrogen-bond acceptors (Lipinski definition) is 4. The van der Waals surface area contributed by atoms with Gasteiger partial charge in [0.1, 0.15) is 11.5 Å². The molecule has 0 bridgehead atoms. The first kappa shape index (κ1) is 19.5. The van der Waals surface area contributed by atoms with Gasteiger partial charge in [-0.05, 0) is 18.2 Å². The van der Waals surface area contributed by atoms with Gasteiger partial charge in [0.05, 0.1) is 6.54 Å². The van der Waals surface area contributed by atoms with Crippen LogP contribution in [0, 0.1) is 5.82 Å².